The molecule has 1 rings (SSSR count). The summed E-state index contributed by atoms with van der Waals surface area (Å²) in [5, 5.41) is 9.11. The van der Waals surface area contributed by atoms with E-state index in [2.05, 4.69) is 4.74 Å². The van der Waals surface area contributed by atoms with E-state index in [0.717, 1.165) is 12.8 Å². The number of rotatable bonds is 1. The van der Waals surface area contributed by atoms with Crippen LogP contribution >= 0.6 is 0 Å². The first-order chi connectivity index (χ1) is 4.70. The summed E-state index contributed by atoms with van der Waals surface area (Å²) in [5.41, 5.74) is 4.76. The summed E-state index contributed by atoms with van der Waals surface area (Å²) in [6.07, 6.45) is 0.664. The molecule has 1 aliphatic carbocycles. The number of ether oxygens (including phenoxy) is 1. The third-order valence-electron chi connectivity index (χ3n) is 1.69. The standard InChI is InChI=1S/C6H11NO3/c7-6(9)10-5-3-1-2-4(5)8/h4-5,8H,1-3H2,(H2,7,9). The van der Waals surface area contributed by atoms with Gasteiger partial charge in [0.2, 0.25) is 0 Å². The van der Waals surface area contributed by atoms with Crippen molar-refractivity contribution in [1.29, 1.82) is 0 Å². The van der Waals surface area contributed by atoms with Crippen molar-refractivity contribution in [2.24, 2.45) is 5.73 Å². The third kappa shape index (κ3) is 1.60. The average molecular weight is 145 g/mol. The van der Waals surface area contributed by atoms with Gasteiger partial charge in [0.05, 0.1) is 6.10 Å². The van der Waals surface area contributed by atoms with Crippen LogP contribution in [0, 0.1) is 0 Å². The van der Waals surface area contributed by atoms with E-state index in [0.29, 0.717) is 6.42 Å². The van der Waals surface area contributed by atoms with Crippen molar-refractivity contribution < 1.29 is 14.6 Å². The lowest BCUT2D eigenvalue weighted by atomic mass is 10.3. The molecule has 4 heteroatoms. The Balaban J connectivity index is 2.33. The second kappa shape index (κ2) is 2.88. The van der Waals surface area contributed by atoms with E-state index >= 15 is 0 Å². The lowest BCUT2D eigenvalue weighted by molar-refractivity contribution is 0.0266. The molecule has 1 fully saturated rings. The van der Waals surface area contributed by atoms with Gasteiger partial charge in [-0.1, -0.05) is 0 Å². The number of aliphatic hydroxyl groups excluding tert-OH is 1. The van der Waals surface area contributed by atoms with E-state index in [4.69, 9.17) is 10.8 Å². The largest absolute Gasteiger partial charge is 0.444 e. The average Bonchev–Trinajstić information content (AvgIpc) is 2.15. The first-order valence-electron chi connectivity index (χ1n) is 3.34. The van der Waals surface area contributed by atoms with E-state index in [1.807, 2.05) is 0 Å². The molecule has 0 aromatic rings. The molecule has 0 heterocycles. The molecule has 0 spiro atoms. The Morgan fingerprint density at radius 2 is 2.30 bits per heavy atom. The molecule has 0 saturated heterocycles. The molecular formula is C6H11NO3. The van der Waals surface area contributed by atoms with Gasteiger partial charge < -0.3 is 15.6 Å². The summed E-state index contributed by atoms with van der Waals surface area (Å²) in [7, 11) is 0. The molecule has 1 amide bonds. The summed E-state index contributed by atoms with van der Waals surface area (Å²) in [6.45, 7) is 0. The number of primary amides is 1. The van der Waals surface area contributed by atoms with Gasteiger partial charge in [0.15, 0.2) is 0 Å². The third-order valence-corrected chi connectivity index (χ3v) is 1.69. The lowest BCUT2D eigenvalue weighted by Gasteiger charge is -2.12. The van der Waals surface area contributed by atoms with Crippen LogP contribution in [-0.4, -0.2) is 23.4 Å². The van der Waals surface area contributed by atoms with Crippen LogP contribution in [0.4, 0.5) is 4.79 Å². The SMILES string of the molecule is NC(=O)OC1CCCC1O. The number of amides is 1. The van der Waals surface area contributed by atoms with Crippen molar-refractivity contribution >= 4 is 6.09 Å². The minimum Gasteiger partial charge on any atom is -0.444 e. The maximum atomic E-state index is 10.2. The van der Waals surface area contributed by atoms with Gasteiger partial charge in [-0.3, -0.25) is 0 Å². The van der Waals surface area contributed by atoms with E-state index in [1.165, 1.54) is 0 Å². The number of hydrogen-bond acceptors (Lipinski definition) is 3. The van der Waals surface area contributed by atoms with Crippen LogP contribution < -0.4 is 5.73 Å². The highest BCUT2D eigenvalue weighted by Gasteiger charge is 2.27. The van der Waals surface area contributed by atoms with Crippen LogP contribution in [0.3, 0.4) is 0 Å². The Labute approximate surface area is 59.0 Å². The Bertz CT molecular complexity index is 137. The minimum atomic E-state index is -0.800. The van der Waals surface area contributed by atoms with Gasteiger partial charge in [-0.2, -0.15) is 0 Å². The summed E-state index contributed by atoms with van der Waals surface area (Å²) >= 11 is 0. The predicted molar refractivity (Wildman–Crippen MR) is 34.3 cm³/mol. The van der Waals surface area contributed by atoms with E-state index < -0.39 is 12.2 Å². The topological polar surface area (TPSA) is 72.6 Å². The summed E-state index contributed by atoms with van der Waals surface area (Å²) in [5.74, 6) is 0. The first kappa shape index (κ1) is 7.34. The van der Waals surface area contributed by atoms with Crippen molar-refractivity contribution in [2.45, 2.75) is 31.5 Å². The molecule has 58 valence electrons. The van der Waals surface area contributed by atoms with Gasteiger partial charge in [0.25, 0.3) is 0 Å². The van der Waals surface area contributed by atoms with Crippen molar-refractivity contribution in [3.05, 3.63) is 0 Å². The van der Waals surface area contributed by atoms with Crippen LogP contribution in [0.15, 0.2) is 0 Å². The van der Waals surface area contributed by atoms with Gasteiger partial charge in [-0.25, -0.2) is 4.79 Å². The number of aliphatic hydroxyl groups is 1. The number of hydrogen-bond donors (Lipinski definition) is 2. The quantitative estimate of drug-likeness (QED) is 0.545. The molecule has 1 aliphatic rings. The van der Waals surface area contributed by atoms with Crippen molar-refractivity contribution in [2.75, 3.05) is 0 Å². The Hall–Kier alpha value is -0.770. The van der Waals surface area contributed by atoms with Gasteiger partial charge in [-0.15, -0.1) is 0 Å². The second-order valence-corrected chi connectivity index (χ2v) is 2.47. The van der Waals surface area contributed by atoms with Crippen molar-refractivity contribution in [3.63, 3.8) is 0 Å². The highest BCUT2D eigenvalue weighted by molar-refractivity contribution is 5.64. The Morgan fingerprint density at radius 3 is 2.70 bits per heavy atom. The molecule has 0 aromatic heterocycles. The lowest BCUT2D eigenvalue weighted by Crippen LogP contribution is -2.28. The smallest absolute Gasteiger partial charge is 0.404 e. The molecule has 0 aromatic carbocycles. The van der Waals surface area contributed by atoms with E-state index in [9.17, 15) is 4.79 Å². The first-order valence-corrected chi connectivity index (χ1v) is 3.34. The fourth-order valence-corrected chi connectivity index (χ4v) is 1.19. The zero-order chi connectivity index (χ0) is 7.56. The molecule has 4 nitrogen and oxygen atoms in total. The van der Waals surface area contributed by atoms with Crippen molar-refractivity contribution in [1.82, 2.24) is 0 Å². The van der Waals surface area contributed by atoms with Gasteiger partial charge in [-0.05, 0) is 19.3 Å². The second-order valence-electron chi connectivity index (χ2n) is 2.47. The van der Waals surface area contributed by atoms with Gasteiger partial charge in [0, 0.05) is 0 Å². The highest BCUT2D eigenvalue weighted by atomic mass is 16.6. The molecule has 2 unspecified atom stereocenters. The maximum Gasteiger partial charge on any atom is 0.404 e. The molecule has 2 atom stereocenters. The minimum absolute atomic E-state index is 0.363. The van der Waals surface area contributed by atoms with Crippen LogP contribution in [0.1, 0.15) is 19.3 Å². The number of carbonyl (C=O) groups excluding carboxylic acids is 1. The zero-order valence-electron chi connectivity index (χ0n) is 5.62. The fourth-order valence-electron chi connectivity index (χ4n) is 1.19. The summed E-state index contributed by atoms with van der Waals surface area (Å²) < 4.78 is 4.61. The summed E-state index contributed by atoms with van der Waals surface area (Å²) in [6, 6.07) is 0. The van der Waals surface area contributed by atoms with E-state index in [-0.39, 0.29) is 6.10 Å². The van der Waals surface area contributed by atoms with E-state index in [1.54, 1.807) is 0 Å². The zero-order valence-corrected chi connectivity index (χ0v) is 5.62. The number of nitrogens with two attached hydrogens (primary N) is 1. The molecule has 10 heavy (non-hydrogen) atoms. The Kier molecular flexibility index (Phi) is 2.11. The fraction of sp³-hybridized carbons (Fsp3) is 0.833. The normalized spacial score (nSPS) is 32.1. The van der Waals surface area contributed by atoms with Gasteiger partial charge >= 0.3 is 6.09 Å². The monoisotopic (exact) mass is 145 g/mol. The van der Waals surface area contributed by atoms with Crippen LogP contribution in [0.2, 0.25) is 0 Å². The summed E-state index contributed by atoms with van der Waals surface area (Å²) in [4.78, 5) is 10.2. The van der Waals surface area contributed by atoms with Gasteiger partial charge in [0.1, 0.15) is 6.10 Å². The molecular weight excluding hydrogens is 134 g/mol. The van der Waals surface area contributed by atoms with Crippen LogP contribution in [0.5, 0.6) is 0 Å². The number of carbonyl (C=O) groups is 1. The van der Waals surface area contributed by atoms with Crippen LogP contribution in [-0.2, 0) is 4.74 Å². The molecule has 0 aliphatic heterocycles. The Morgan fingerprint density at radius 1 is 1.60 bits per heavy atom. The molecule has 3 N–H and O–H groups in total. The predicted octanol–water partition coefficient (Wildman–Crippen LogP) is -0.00490. The molecule has 1 saturated carbocycles. The highest BCUT2D eigenvalue weighted by Crippen LogP contribution is 2.21. The maximum absolute atomic E-state index is 10.2. The van der Waals surface area contributed by atoms with Crippen molar-refractivity contribution in [3.8, 4) is 0 Å². The van der Waals surface area contributed by atoms with Crippen LogP contribution in [0.25, 0.3) is 0 Å². The molecule has 0 bridgehead atoms. The molecule has 0 radical (unpaired) electrons.